The lowest BCUT2D eigenvalue weighted by Gasteiger charge is -2.10. The first kappa shape index (κ1) is 17.4. The van der Waals surface area contributed by atoms with Gasteiger partial charge in [0, 0.05) is 11.8 Å². The number of carbonyl (C=O) groups is 1. The normalized spacial score (nSPS) is 12.0. The average Bonchev–Trinajstić information content (AvgIpc) is 3.31. The molecule has 0 spiro atoms. The van der Waals surface area contributed by atoms with E-state index in [0.717, 1.165) is 10.7 Å². The van der Waals surface area contributed by atoms with E-state index in [9.17, 15) is 18.0 Å². The summed E-state index contributed by atoms with van der Waals surface area (Å²) in [5.41, 5.74) is 0.148. The summed E-state index contributed by atoms with van der Waals surface area (Å²) < 4.78 is 42.4. The van der Waals surface area contributed by atoms with E-state index in [1.807, 2.05) is 0 Å². The van der Waals surface area contributed by atoms with E-state index in [-0.39, 0.29) is 17.0 Å². The Hall–Kier alpha value is -3.01. The minimum atomic E-state index is -4.66. The monoisotopic (exact) mass is 391 g/mol. The summed E-state index contributed by atoms with van der Waals surface area (Å²) in [7, 11) is 0. The highest BCUT2D eigenvalue weighted by Crippen LogP contribution is 2.33. The maximum absolute atomic E-state index is 13.6. The molecule has 0 aromatic carbocycles. The summed E-state index contributed by atoms with van der Waals surface area (Å²) in [6, 6.07) is 7.28. The van der Waals surface area contributed by atoms with Crippen LogP contribution in [-0.4, -0.2) is 30.3 Å². The van der Waals surface area contributed by atoms with Crippen LogP contribution in [0.15, 0.2) is 35.7 Å². The number of rotatable bonds is 2. The Bertz CT molecular complexity index is 1160. The second kappa shape index (κ2) is 6.02. The fourth-order valence-corrected chi connectivity index (χ4v) is 3.46. The van der Waals surface area contributed by atoms with Gasteiger partial charge in [-0.15, -0.1) is 11.3 Å². The van der Waals surface area contributed by atoms with Gasteiger partial charge in [-0.2, -0.15) is 28.1 Å². The molecule has 0 aliphatic carbocycles. The molecular formula is C17H12F3N5OS. The molecule has 27 heavy (non-hydrogen) atoms. The second-order valence-corrected chi connectivity index (χ2v) is 6.89. The van der Waals surface area contributed by atoms with Gasteiger partial charge in [0.15, 0.2) is 17.0 Å². The van der Waals surface area contributed by atoms with Gasteiger partial charge in [0.2, 0.25) is 0 Å². The van der Waals surface area contributed by atoms with E-state index in [1.54, 1.807) is 37.4 Å². The average molecular weight is 391 g/mol. The SMILES string of the molecule is Cc1cc(C)n(C(=O)c2cc3nc(-c4cccs4)cc(C(F)(F)F)n3n2)n1. The Balaban J connectivity index is 1.90. The standard InChI is InChI=1S/C17H12F3N5OS/c1-9-6-10(2)24(22-9)16(26)12-8-15-21-11(13-4-3-5-27-13)7-14(17(18,19)20)25(15)23-12/h3-8H,1-2H3. The molecule has 0 unspecified atom stereocenters. The molecular weight excluding hydrogens is 379 g/mol. The summed E-state index contributed by atoms with van der Waals surface area (Å²) in [4.78, 5) is 17.5. The van der Waals surface area contributed by atoms with Gasteiger partial charge in [-0.05, 0) is 37.4 Å². The number of carbonyl (C=O) groups excluding carboxylic acids is 1. The lowest BCUT2D eigenvalue weighted by Crippen LogP contribution is -2.17. The lowest BCUT2D eigenvalue weighted by atomic mass is 10.2. The van der Waals surface area contributed by atoms with Crippen LogP contribution >= 0.6 is 11.3 Å². The molecule has 6 nitrogen and oxygen atoms in total. The molecule has 0 aliphatic rings. The van der Waals surface area contributed by atoms with Crippen LogP contribution in [-0.2, 0) is 6.18 Å². The number of alkyl halides is 3. The van der Waals surface area contributed by atoms with Gasteiger partial charge in [-0.25, -0.2) is 9.50 Å². The molecule has 4 aromatic rings. The molecule has 10 heteroatoms. The third kappa shape index (κ3) is 3.01. The zero-order valence-electron chi connectivity index (χ0n) is 14.2. The van der Waals surface area contributed by atoms with Gasteiger partial charge in [-0.3, -0.25) is 4.79 Å². The zero-order valence-corrected chi connectivity index (χ0v) is 15.0. The van der Waals surface area contributed by atoms with Gasteiger partial charge in [0.1, 0.15) is 0 Å². The van der Waals surface area contributed by atoms with E-state index in [4.69, 9.17) is 0 Å². The number of halogens is 3. The molecule has 4 rings (SSSR count). The summed E-state index contributed by atoms with van der Waals surface area (Å²) in [6.45, 7) is 3.40. The molecule has 0 atom stereocenters. The molecule has 4 aromatic heterocycles. The van der Waals surface area contributed by atoms with E-state index in [1.165, 1.54) is 17.4 Å². The Morgan fingerprint density at radius 3 is 2.52 bits per heavy atom. The van der Waals surface area contributed by atoms with Gasteiger partial charge in [-0.1, -0.05) is 6.07 Å². The van der Waals surface area contributed by atoms with Crippen molar-refractivity contribution >= 4 is 22.9 Å². The molecule has 0 N–H and O–H groups in total. The number of hydrogen-bond acceptors (Lipinski definition) is 5. The Labute approximate surface area is 154 Å². The second-order valence-electron chi connectivity index (χ2n) is 5.95. The summed E-state index contributed by atoms with van der Waals surface area (Å²) >= 11 is 1.28. The highest BCUT2D eigenvalue weighted by Gasteiger charge is 2.36. The predicted molar refractivity (Wildman–Crippen MR) is 92.7 cm³/mol. The first-order valence-electron chi connectivity index (χ1n) is 7.84. The van der Waals surface area contributed by atoms with Gasteiger partial charge < -0.3 is 0 Å². The van der Waals surface area contributed by atoms with E-state index in [0.29, 0.717) is 20.8 Å². The van der Waals surface area contributed by atoms with Crippen molar-refractivity contribution in [3.63, 3.8) is 0 Å². The summed E-state index contributed by atoms with van der Waals surface area (Å²) in [5, 5.41) is 9.67. The molecule has 138 valence electrons. The quantitative estimate of drug-likeness (QED) is 0.519. The largest absolute Gasteiger partial charge is 0.433 e. The molecule has 0 amide bonds. The van der Waals surface area contributed by atoms with Crippen LogP contribution in [0.4, 0.5) is 13.2 Å². The third-order valence-electron chi connectivity index (χ3n) is 3.91. The van der Waals surface area contributed by atoms with Crippen molar-refractivity contribution in [2.75, 3.05) is 0 Å². The van der Waals surface area contributed by atoms with E-state index < -0.39 is 17.8 Å². The number of thiophene rings is 1. The first-order valence-corrected chi connectivity index (χ1v) is 8.72. The number of aromatic nitrogens is 5. The van der Waals surface area contributed by atoms with Gasteiger partial charge >= 0.3 is 6.18 Å². The lowest BCUT2D eigenvalue weighted by molar-refractivity contribution is -0.142. The van der Waals surface area contributed by atoms with E-state index >= 15 is 0 Å². The van der Waals surface area contributed by atoms with Crippen LogP contribution in [0.5, 0.6) is 0 Å². The van der Waals surface area contributed by atoms with Crippen LogP contribution in [0.1, 0.15) is 27.6 Å². The minimum Gasteiger partial charge on any atom is -0.265 e. The van der Waals surface area contributed by atoms with Crippen LogP contribution in [0.25, 0.3) is 16.2 Å². The molecule has 0 bridgehead atoms. The number of fused-ring (bicyclic) bond motifs is 1. The van der Waals surface area contributed by atoms with Crippen LogP contribution in [0.2, 0.25) is 0 Å². The van der Waals surface area contributed by atoms with Crippen molar-refractivity contribution in [1.82, 2.24) is 24.4 Å². The van der Waals surface area contributed by atoms with E-state index in [2.05, 4.69) is 15.2 Å². The maximum atomic E-state index is 13.6. The smallest absolute Gasteiger partial charge is 0.265 e. The predicted octanol–water partition coefficient (Wildman–Crippen LogP) is 3.98. The van der Waals surface area contributed by atoms with Crippen molar-refractivity contribution in [2.24, 2.45) is 0 Å². The topological polar surface area (TPSA) is 65.1 Å². The zero-order chi connectivity index (χ0) is 19.3. The molecule has 0 aliphatic heterocycles. The number of nitrogens with zero attached hydrogens (tertiary/aromatic N) is 5. The van der Waals surface area contributed by atoms with Crippen molar-refractivity contribution < 1.29 is 18.0 Å². The fourth-order valence-electron chi connectivity index (χ4n) is 2.77. The van der Waals surface area contributed by atoms with Crippen molar-refractivity contribution in [1.29, 1.82) is 0 Å². The molecule has 0 saturated carbocycles. The molecule has 0 fully saturated rings. The number of aryl methyl sites for hydroxylation is 2. The van der Waals surface area contributed by atoms with Crippen LogP contribution in [0, 0.1) is 13.8 Å². The Kier molecular flexibility index (Phi) is 3.88. The van der Waals surface area contributed by atoms with Gasteiger partial charge in [0.05, 0.1) is 16.3 Å². The first-order chi connectivity index (χ1) is 12.7. The Morgan fingerprint density at radius 1 is 1.15 bits per heavy atom. The summed E-state index contributed by atoms with van der Waals surface area (Å²) in [6.07, 6.45) is -4.66. The minimum absolute atomic E-state index is 0.0573. The van der Waals surface area contributed by atoms with Crippen molar-refractivity contribution in [3.8, 4) is 10.6 Å². The van der Waals surface area contributed by atoms with Crippen molar-refractivity contribution in [3.05, 3.63) is 58.5 Å². The van der Waals surface area contributed by atoms with Gasteiger partial charge in [0.25, 0.3) is 5.91 Å². The highest BCUT2D eigenvalue weighted by molar-refractivity contribution is 7.13. The Morgan fingerprint density at radius 2 is 1.93 bits per heavy atom. The third-order valence-corrected chi connectivity index (χ3v) is 4.80. The fraction of sp³-hybridized carbons (Fsp3) is 0.176. The molecule has 0 radical (unpaired) electrons. The van der Waals surface area contributed by atoms with Crippen LogP contribution < -0.4 is 0 Å². The van der Waals surface area contributed by atoms with Crippen LogP contribution in [0.3, 0.4) is 0 Å². The number of hydrogen-bond donors (Lipinski definition) is 0. The maximum Gasteiger partial charge on any atom is 0.433 e. The molecule has 0 saturated heterocycles. The molecule has 4 heterocycles. The van der Waals surface area contributed by atoms with Crippen molar-refractivity contribution in [2.45, 2.75) is 20.0 Å². The summed E-state index contributed by atoms with van der Waals surface area (Å²) in [5.74, 6) is -0.614. The highest BCUT2D eigenvalue weighted by atomic mass is 32.1.